The average Bonchev–Trinajstić information content (AvgIpc) is 2.77. The maximum Gasteiger partial charge on any atom is 0.0916 e. The summed E-state index contributed by atoms with van der Waals surface area (Å²) >= 11 is 2.12. The molecule has 8 heteroatoms. The zero-order chi connectivity index (χ0) is 25.7. The van der Waals surface area contributed by atoms with E-state index in [0.29, 0.717) is 13.1 Å². The molecule has 0 bridgehead atoms. The van der Waals surface area contributed by atoms with Crippen LogP contribution in [-0.2, 0) is 16.0 Å². The van der Waals surface area contributed by atoms with Crippen LogP contribution in [-0.4, -0.2) is 80.6 Å². The molecule has 206 valence electrons. The molecule has 5 nitrogen and oxygen atoms in total. The van der Waals surface area contributed by atoms with Gasteiger partial charge in [-0.3, -0.25) is 4.21 Å². The van der Waals surface area contributed by atoms with Gasteiger partial charge < -0.3 is 13.8 Å². The van der Waals surface area contributed by atoms with Crippen LogP contribution in [0.4, 0.5) is 0 Å². The molecular weight excluding hydrogens is 579 g/mol. The van der Waals surface area contributed by atoms with Crippen LogP contribution in [0.25, 0.3) is 0 Å². The fourth-order valence-electron chi connectivity index (χ4n) is 4.01. The summed E-state index contributed by atoms with van der Waals surface area (Å²) < 4.78 is 31.7. The molecule has 0 fully saturated rings. The summed E-state index contributed by atoms with van der Waals surface area (Å²) in [7, 11) is 8.09. The van der Waals surface area contributed by atoms with Gasteiger partial charge in [0.05, 0.1) is 37.0 Å². The van der Waals surface area contributed by atoms with Crippen LogP contribution >= 0.6 is 34.4 Å². The van der Waals surface area contributed by atoms with Crippen molar-refractivity contribution in [2.45, 2.75) is 113 Å². The number of rotatable bonds is 25. The summed E-state index contributed by atoms with van der Waals surface area (Å²) in [5.41, 5.74) is 0. The Labute approximate surface area is 233 Å². The monoisotopic (exact) mass is 634 g/mol. The van der Waals surface area contributed by atoms with E-state index in [4.69, 9.17) is 4.74 Å². The maximum atomic E-state index is 11.7. The minimum atomic E-state index is -2.20. The summed E-state index contributed by atoms with van der Waals surface area (Å²) in [6, 6.07) is 0. The molecule has 0 radical (unpaired) electrons. The van der Waals surface area contributed by atoms with Crippen LogP contribution in [0.5, 0.6) is 0 Å². The lowest BCUT2D eigenvalue weighted by Crippen LogP contribution is -2.41. The van der Waals surface area contributed by atoms with Crippen LogP contribution in [0.15, 0.2) is 0 Å². The van der Waals surface area contributed by atoms with Crippen molar-refractivity contribution in [2.75, 3.05) is 53.6 Å². The van der Waals surface area contributed by atoms with Crippen LogP contribution in [0.1, 0.15) is 103 Å². The third kappa shape index (κ3) is 22.3. The molecule has 3 atom stereocenters. The number of unbranched alkanes of at least 4 members (excludes halogenated alkanes) is 13. The molecule has 0 saturated carbocycles. The molecule has 0 aliphatic rings. The lowest BCUT2D eigenvalue weighted by Gasteiger charge is -2.31. The van der Waals surface area contributed by atoms with E-state index in [1.165, 1.54) is 94.2 Å². The van der Waals surface area contributed by atoms with Gasteiger partial charge in [0.25, 0.3) is 0 Å². The first-order valence-corrected chi connectivity index (χ1v) is 17.0. The Kier molecular flexibility index (Phi) is 23.9. The maximum absolute atomic E-state index is 11.7. The standard InChI is InChI=1S/C26H55IN2O3S2/c1-6-7-8-9-10-11-12-13-14-15-16-17-18-19-23-33-26(27)25(32-5)24-28(34(30)31)21-20-22-29(2,3)4/h25-26H,6-24H2,1-5H3. The second-order valence-electron chi connectivity index (χ2n) is 10.6. The molecule has 3 unspecified atom stereocenters. The van der Waals surface area contributed by atoms with Gasteiger partial charge in [0.1, 0.15) is 0 Å². The quantitative estimate of drug-likeness (QED) is 0.0352. The zero-order valence-electron chi connectivity index (χ0n) is 22.9. The van der Waals surface area contributed by atoms with Crippen LogP contribution in [0.3, 0.4) is 0 Å². The van der Waals surface area contributed by atoms with Gasteiger partial charge in [0, 0.05) is 37.9 Å². The Morgan fingerprint density at radius 1 is 0.882 bits per heavy atom. The van der Waals surface area contributed by atoms with Crippen molar-refractivity contribution >= 4 is 45.6 Å². The summed E-state index contributed by atoms with van der Waals surface area (Å²) in [4.78, 5) is 0. The van der Waals surface area contributed by atoms with Gasteiger partial charge >= 0.3 is 0 Å². The Hall–Kier alpha value is 1.07. The highest BCUT2D eigenvalue weighted by atomic mass is 127. The average molecular weight is 635 g/mol. The van der Waals surface area contributed by atoms with E-state index in [-0.39, 0.29) is 9.36 Å². The van der Waals surface area contributed by atoms with Gasteiger partial charge in [0.2, 0.25) is 0 Å². The first-order chi connectivity index (χ1) is 16.2. The topological polar surface area (TPSA) is 52.6 Å². The third-order valence-corrected chi connectivity index (χ3v) is 9.98. The first-order valence-electron chi connectivity index (χ1n) is 13.6. The summed E-state index contributed by atoms with van der Waals surface area (Å²) in [6.07, 6.45) is 20.1. The number of nitrogens with zero attached hydrogens (tertiary/aromatic N) is 2. The van der Waals surface area contributed by atoms with E-state index >= 15 is 0 Å². The molecule has 0 aliphatic carbocycles. The molecule has 0 heterocycles. The molecule has 0 aromatic carbocycles. The predicted molar refractivity (Wildman–Crippen MR) is 159 cm³/mol. The summed E-state index contributed by atoms with van der Waals surface area (Å²) in [6.45, 7) is 4.22. The normalized spacial score (nSPS) is 15.1. The van der Waals surface area contributed by atoms with Gasteiger partial charge in [-0.05, 0) is 12.2 Å². The summed E-state index contributed by atoms with van der Waals surface area (Å²) in [5.74, 6) is 1.12. The molecular formula is C26H55IN2O3S2. The highest BCUT2D eigenvalue weighted by molar-refractivity contribution is 14.1. The molecule has 0 spiro atoms. The third-order valence-electron chi connectivity index (χ3n) is 6.20. The van der Waals surface area contributed by atoms with E-state index in [0.717, 1.165) is 23.2 Å². The fourth-order valence-corrected chi connectivity index (χ4v) is 6.85. The smallest absolute Gasteiger partial charge is 0.0916 e. The molecule has 0 amide bonds. The minimum Gasteiger partial charge on any atom is -0.760 e. The Morgan fingerprint density at radius 2 is 1.35 bits per heavy atom. The molecule has 0 aliphatic heterocycles. The molecule has 0 saturated heterocycles. The number of hydrogen-bond acceptors (Lipinski definition) is 4. The van der Waals surface area contributed by atoms with Crippen molar-refractivity contribution in [3.05, 3.63) is 0 Å². The SMILES string of the molecule is CCCCCCCCCCCCCCCCSC(I)C(CN(CCC[N+](C)(C)C)S(=O)[O-])OC. The van der Waals surface area contributed by atoms with E-state index in [2.05, 4.69) is 50.7 Å². The largest absolute Gasteiger partial charge is 0.760 e. The van der Waals surface area contributed by atoms with Crippen molar-refractivity contribution < 1.29 is 18.0 Å². The van der Waals surface area contributed by atoms with Crippen LogP contribution in [0, 0.1) is 0 Å². The van der Waals surface area contributed by atoms with E-state index in [9.17, 15) is 8.76 Å². The van der Waals surface area contributed by atoms with Crippen molar-refractivity contribution in [2.24, 2.45) is 0 Å². The second-order valence-corrected chi connectivity index (χ2v) is 15.0. The van der Waals surface area contributed by atoms with Crippen LogP contribution in [0.2, 0.25) is 0 Å². The van der Waals surface area contributed by atoms with Gasteiger partial charge in [-0.1, -0.05) is 113 Å². The van der Waals surface area contributed by atoms with Gasteiger partial charge in [-0.2, -0.15) is 0 Å². The molecule has 0 aromatic heterocycles. The number of ether oxygens (including phenoxy) is 1. The van der Waals surface area contributed by atoms with Crippen molar-refractivity contribution in [1.29, 1.82) is 0 Å². The Bertz CT molecular complexity index is 481. The lowest BCUT2D eigenvalue weighted by atomic mass is 10.0. The fraction of sp³-hybridized carbons (Fsp3) is 1.00. The van der Waals surface area contributed by atoms with Gasteiger partial charge in [-0.25, -0.2) is 4.31 Å². The minimum absolute atomic E-state index is 0.0840. The molecule has 0 N–H and O–H groups in total. The molecule has 0 rings (SSSR count). The number of thioether (sulfide) groups is 1. The Balaban J connectivity index is 3.81. The van der Waals surface area contributed by atoms with Gasteiger partial charge in [0.15, 0.2) is 0 Å². The van der Waals surface area contributed by atoms with Gasteiger partial charge in [-0.15, -0.1) is 11.8 Å². The highest BCUT2D eigenvalue weighted by Crippen LogP contribution is 2.26. The number of alkyl halides is 1. The molecule has 34 heavy (non-hydrogen) atoms. The lowest BCUT2D eigenvalue weighted by molar-refractivity contribution is -0.870. The first kappa shape index (κ1) is 35.1. The number of halogens is 1. The Morgan fingerprint density at radius 3 is 1.76 bits per heavy atom. The zero-order valence-corrected chi connectivity index (χ0v) is 26.7. The van der Waals surface area contributed by atoms with E-state index in [1.54, 1.807) is 7.11 Å². The van der Waals surface area contributed by atoms with Crippen molar-refractivity contribution in [3.8, 4) is 0 Å². The number of methoxy groups -OCH3 is 1. The van der Waals surface area contributed by atoms with Crippen LogP contribution < -0.4 is 0 Å². The van der Waals surface area contributed by atoms with E-state index in [1.807, 2.05) is 11.8 Å². The second kappa shape index (κ2) is 23.2. The van der Waals surface area contributed by atoms with E-state index < -0.39 is 11.3 Å². The summed E-state index contributed by atoms with van der Waals surface area (Å²) in [5, 5.41) is 0. The highest BCUT2D eigenvalue weighted by Gasteiger charge is 2.23. The number of hydrogen-bond donors (Lipinski definition) is 0. The number of quaternary nitrogens is 1. The van der Waals surface area contributed by atoms with Crippen molar-refractivity contribution in [3.63, 3.8) is 0 Å². The molecule has 0 aromatic rings. The van der Waals surface area contributed by atoms with Crippen molar-refractivity contribution in [1.82, 2.24) is 4.31 Å². The predicted octanol–water partition coefficient (Wildman–Crippen LogP) is 7.17.